The van der Waals surface area contributed by atoms with Crippen LogP contribution in [0.5, 0.6) is 0 Å². The molecule has 9 heteroatoms. The van der Waals surface area contributed by atoms with E-state index < -0.39 is 0 Å². The Kier molecular flexibility index (Phi) is 9.03. The van der Waals surface area contributed by atoms with Crippen molar-refractivity contribution in [3.63, 3.8) is 0 Å². The Morgan fingerprint density at radius 3 is 2.57 bits per heavy atom. The summed E-state index contributed by atoms with van der Waals surface area (Å²) in [6, 6.07) is 1.74. The van der Waals surface area contributed by atoms with Gasteiger partial charge in [0.05, 0.1) is 6.20 Å². The topological polar surface area (TPSA) is 71.0 Å². The molecule has 116 valence electrons. The van der Waals surface area contributed by atoms with Crippen molar-refractivity contribution in [1.29, 1.82) is 0 Å². The zero-order valence-electron chi connectivity index (χ0n) is 11.6. The molecule has 0 fully saturated rings. The van der Waals surface area contributed by atoms with Gasteiger partial charge in [-0.15, -0.1) is 36.2 Å². The van der Waals surface area contributed by atoms with Gasteiger partial charge in [-0.2, -0.15) is 0 Å². The fraction of sp³-hybridized carbons (Fsp3) is 0.333. The van der Waals surface area contributed by atoms with E-state index in [-0.39, 0.29) is 30.7 Å². The highest BCUT2D eigenvalue weighted by atomic mass is 35.5. The van der Waals surface area contributed by atoms with Crippen LogP contribution in [0, 0.1) is 0 Å². The van der Waals surface area contributed by atoms with Gasteiger partial charge in [-0.1, -0.05) is 0 Å². The maximum atomic E-state index is 12.1. The van der Waals surface area contributed by atoms with Crippen LogP contribution in [0.4, 0.5) is 0 Å². The van der Waals surface area contributed by atoms with E-state index in [1.165, 1.54) is 11.3 Å². The molecule has 2 rings (SSSR count). The van der Waals surface area contributed by atoms with Gasteiger partial charge in [0.1, 0.15) is 4.88 Å². The average Bonchev–Trinajstić information content (AvgIpc) is 2.94. The number of thiazole rings is 1. The number of nitrogens with one attached hydrogen (secondary N) is 1. The second-order valence-electron chi connectivity index (χ2n) is 3.93. The predicted molar refractivity (Wildman–Crippen MR) is 88.5 cm³/mol. The van der Waals surface area contributed by atoms with Crippen molar-refractivity contribution < 1.29 is 4.79 Å². The number of likely N-dealkylation sites (N-methyl/N-ethyl adjacent to an activating group) is 2. The van der Waals surface area contributed by atoms with Gasteiger partial charge in [-0.3, -0.25) is 4.79 Å². The van der Waals surface area contributed by atoms with Crippen LogP contribution in [0.25, 0.3) is 10.8 Å². The smallest absolute Gasteiger partial charge is 0.265 e. The largest absolute Gasteiger partial charge is 0.340 e. The molecule has 21 heavy (non-hydrogen) atoms. The molecule has 0 atom stereocenters. The van der Waals surface area contributed by atoms with Crippen molar-refractivity contribution in [3.8, 4) is 10.8 Å². The molecule has 0 radical (unpaired) electrons. The summed E-state index contributed by atoms with van der Waals surface area (Å²) in [5.74, 6) is 0.513. The molecule has 0 saturated heterocycles. The van der Waals surface area contributed by atoms with E-state index in [0.29, 0.717) is 22.3 Å². The van der Waals surface area contributed by atoms with Gasteiger partial charge in [-0.05, 0) is 13.1 Å². The molecule has 0 aliphatic rings. The number of carbonyl (C=O) groups excluding carboxylic acids is 1. The molecule has 6 nitrogen and oxygen atoms in total. The maximum Gasteiger partial charge on any atom is 0.265 e. The minimum absolute atomic E-state index is 0. The third-order valence-electron chi connectivity index (χ3n) is 2.52. The zero-order chi connectivity index (χ0) is 13.7. The van der Waals surface area contributed by atoms with Gasteiger partial charge >= 0.3 is 0 Å². The predicted octanol–water partition coefficient (Wildman–Crippen LogP) is 1.74. The lowest BCUT2D eigenvalue weighted by Gasteiger charge is -2.15. The van der Waals surface area contributed by atoms with Crippen molar-refractivity contribution in [2.75, 3.05) is 27.2 Å². The number of aromatic nitrogens is 3. The molecule has 1 amide bonds. The molecule has 0 bridgehead atoms. The van der Waals surface area contributed by atoms with Crippen molar-refractivity contribution >= 4 is 42.1 Å². The highest BCUT2D eigenvalue weighted by molar-refractivity contribution is 7.16. The third kappa shape index (κ3) is 5.20. The van der Waals surface area contributed by atoms with Crippen LogP contribution >= 0.6 is 36.2 Å². The van der Waals surface area contributed by atoms with E-state index in [0.717, 1.165) is 6.54 Å². The molecular weight excluding hydrogens is 333 g/mol. The summed E-state index contributed by atoms with van der Waals surface area (Å²) < 4.78 is 0. The fourth-order valence-corrected chi connectivity index (χ4v) is 2.31. The maximum absolute atomic E-state index is 12.1. The lowest BCUT2D eigenvalue weighted by atomic mass is 10.4. The molecule has 2 aromatic rings. The minimum atomic E-state index is -0.0325. The number of carbonyl (C=O) groups is 1. The first-order valence-corrected chi connectivity index (χ1v) is 6.67. The number of halogens is 2. The first-order valence-electron chi connectivity index (χ1n) is 5.85. The standard InChI is InChI=1S/C12H15N5OS.2ClH/c1-13-6-7-17(2)12(18)9-8-16-11(19-9)10-14-4-3-5-15-10;;/h3-5,8,13H,6-7H2,1-2H3;2*1H. The second-order valence-corrected chi connectivity index (χ2v) is 4.96. The number of rotatable bonds is 5. The number of amides is 1. The van der Waals surface area contributed by atoms with Crippen LogP contribution in [0.15, 0.2) is 24.7 Å². The Morgan fingerprint density at radius 1 is 1.29 bits per heavy atom. The summed E-state index contributed by atoms with van der Waals surface area (Å²) in [6.07, 6.45) is 4.89. The van der Waals surface area contributed by atoms with Gasteiger partial charge in [0, 0.05) is 32.5 Å². The Morgan fingerprint density at radius 2 is 1.95 bits per heavy atom. The fourth-order valence-electron chi connectivity index (χ4n) is 1.46. The lowest BCUT2D eigenvalue weighted by Crippen LogP contribution is -2.32. The van der Waals surface area contributed by atoms with Crippen LogP contribution in [0.1, 0.15) is 9.67 Å². The second kappa shape index (κ2) is 9.62. The average molecular weight is 350 g/mol. The first-order chi connectivity index (χ1) is 9.22. The van der Waals surface area contributed by atoms with Crippen molar-refractivity contribution in [2.24, 2.45) is 0 Å². The van der Waals surface area contributed by atoms with Crippen LogP contribution < -0.4 is 5.32 Å². The molecule has 0 spiro atoms. The van der Waals surface area contributed by atoms with Gasteiger partial charge in [0.25, 0.3) is 5.91 Å². The quantitative estimate of drug-likeness (QED) is 0.889. The lowest BCUT2D eigenvalue weighted by molar-refractivity contribution is 0.0801. The first kappa shape index (κ1) is 19.7. The summed E-state index contributed by atoms with van der Waals surface area (Å²) in [5, 5.41) is 3.67. The highest BCUT2D eigenvalue weighted by Gasteiger charge is 2.16. The molecule has 2 aromatic heterocycles. The van der Waals surface area contributed by atoms with E-state index in [1.807, 2.05) is 7.05 Å². The van der Waals surface area contributed by atoms with E-state index >= 15 is 0 Å². The van der Waals surface area contributed by atoms with E-state index in [4.69, 9.17) is 0 Å². The van der Waals surface area contributed by atoms with E-state index in [1.54, 1.807) is 36.6 Å². The van der Waals surface area contributed by atoms with Crippen LogP contribution in [-0.2, 0) is 0 Å². The monoisotopic (exact) mass is 349 g/mol. The molecule has 0 saturated carbocycles. The summed E-state index contributed by atoms with van der Waals surface area (Å²) >= 11 is 1.31. The Hall–Kier alpha value is -1.28. The summed E-state index contributed by atoms with van der Waals surface area (Å²) in [5.41, 5.74) is 0. The van der Waals surface area contributed by atoms with Crippen molar-refractivity contribution in [2.45, 2.75) is 0 Å². The molecule has 1 N–H and O–H groups in total. The molecule has 0 unspecified atom stereocenters. The third-order valence-corrected chi connectivity index (χ3v) is 3.50. The van der Waals surface area contributed by atoms with Crippen molar-refractivity contribution in [3.05, 3.63) is 29.5 Å². The molecule has 0 aromatic carbocycles. The normalized spacial score (nSPS) is 9.43. The minimum Gasteiger partial charge on any atom is -0.340 e. The van der Waals surface area contributed by atoms with Gasteiger partial charge < -0.3 is 10.2 Å². The van der Waals surface area contributed by atoms with Gasteiger partial charge in [0.2, 0.25) is 0 Å². The van der Waals surface area contributed by atoms with Gasteiger partial charge in [0.15, 0.2) is 10.8 Å². The molecule has 0 aliphatic carbocycles. The summed E-state index contributed by atoms with van der Waals surface area (Å²) in [4.78, 5) is 26.8. The number of hydrogen-bond acceptors (Lipinski definition) is 6. The Balaban J connectivity index is 0.00000200. The SMILES string of the molecule is CNCCN(C)C(=O)c1cnc(-c2ncccn2)s1.Cl.Cl. The van der Waals surface area contributed by atoms with Crippen LogP contribution in [0.3, 0.4) is 0 Å². The van der Waals surface area contributed by atoms with Crippen LogP contribution in [0.2, 0.25) is 0 Å². The molecule has 0 aliphatic heterocycles. The van der Waals surface area contributed by atoms with E-state index in [9.17, 15) is 4.79 Å². The Labute approximate surface area is 139 Å². The number of nitrogens with zero attached hydrogens (tertiary/aromatic N) is 4. The van der Waals surface area contributed by atoms with Crippen LogP contribution in [-0.4, -0.2) is 52.9 Å². The number of hydrogen-bond donors (Lipinski definition) is 1. The Bertz CT molecular complexity index is 552. The molecule has 2 heterocycles. The zero-order valence-corrected chi connectivity index (χ0v) is 14.1. The van der Waals surface area contributed by atoms with Gasteiger partial charge in [-0.25, -0.2) is 15.0 Å². The van der Waals surface area contributed by atoms with E-state index in [2.05, 4.69) is 20.3 Å². The molecular formula is C12H17Cl2N5OS. The highest BCUT2D eigenvalue weighted by Crippen LogP contribution is 2.22. The summed E-state index contributed by atoms with van der Waals surface area (Å²) in [6.45, 7) is 1.42. The summed E-state index contributed by atoms with van der Waals surface area (Å²) in [7, 11) is 3.63. The van der Waals surface area contributed by atoms with Crippen molar-refractivity contribution in [1.82, 2.24) is 25.2 Å².